The van der Waals surface area contributed by atoms with Crippen molar-refractivity contribution in [3.8, 4) is 0 Å². The van der Waals surface area contributed by atoms with Gasteiger partial charge in [-0.25, -0.2) is 0 Å². The Labute approximate surface area is 114 Å². The lowest BCUT2D eigenvalue weighted by Gasteiger charge is -2.52. The SMILES string of the molecule is CCCC1CC(C)C2C1C1CC2C(C)(C)C1(C)C. The molecule has 0 aromatic rings. The van der Waals surface area contributed by atoms with Crippen molar-refractivity contribution in [2.75, 3.05) is 0 Å². The third-order valence-corrected chi connectivity index (χ3v) is 7.93. The highest BCUT2D eigenvalue weighted by molar-refractivity contribution is 5.16. The van der Waals surface area contributed by atoms with Gasteiger partial charge in [0.1, 0.15) is 0 Å². The summed E-state index contributed by atoms with van der Waals surface area (Å²) in [7, 11) is 0. The molecule has 0 aliphatic heterocycles. The Bertz CT molecular complexity index is 338. The van der Waals surface area contributed by atoms with E-state index in [1.807, 2.05) is 0 Å². The van der Waals surface area contributed by atoms with Gasteiger partial charge in [0, 0.05) is 0 Å². The summed E-state index contributed by atoms with van der Waals surface area (Å²) in [6.45, 7) is 15.2. The van der Waals surface area contributed by atoms with E-state index in [2.05, 4.69) is 41.5 Å². The van der Waals surface area contributed by atoms with Gasteiger partial charge in [-0.3, -0.25) is 0 Å². The summed E-state index contributed by atoms with van der Waals surface area (Å²) in [4.78, 5) is 0. The summed E-state index contributed by atoms with van der Waals surface area (Å²) in [6, 6.07) is 0. The maximum Gasteiger partial charge on any atom is -0.0269 e. The Hall–Kier alpha value is 0. The second-order valence-electron chi connectivity index (χ2n) is 8.81. The molecule has 3 aliphatic carbocycles. The highest BCUT2D eigenvalue weighted by Crippen LogP contribution is 2.74. The Kier molecular flexibility index (Phi) is 2.72. The maximum absolute atomic E-state index is 2.57. The molecule has 0 radical (unpaired) electrons. The van der Waals surface area contributed by atoms with Crippen molar-refractivity contribution < 1.29 is 0 Å². The van der Waals surface area contributed by atoms with Gasteiger partial charge in [0.15, 0.2) is 0 Å². The van der Waals surface area contributed by atoms with Crippen LogP contribution >= 0.6 is 0 Å². The van der Waals surface area contributed by atoms with Gasteiger partial charge in [-0.05, 0) is 59.2 Å². The number of hydrogen-bond donors (Lipinski definition) is 0. The lowest BCUT2D eigenvalue weighted by molar-refractivity contribution is -0.0390. The summed E-state index contributed by atoms with van der Waals surface area (Å²) < 4.78 is 0. The Morgan fingerprint density at radius 3 is 2.00 bits per heavy atom. The molecule has 2 bridgehead atoms. The molecule has 3 rings (SSSR count). The molecule has 0 saturated heterocycles. The highest BCUT2D eigenvalue weighted by Gasteiger charge is 2.68. The topological polar surface area (TPSA) is 0 Å². The van der Waals surface area contributed by atoms with Crippen molar-refractivity contribution in [3.05, 3.63) is 0 Å². The Morgan fingerprint density at radius 2 is 1.44 bits per heavy atom. The fraction of sp³-hybridized carbons (Fsp3) is 1.00. The van der Waals surface area contributed by atoms with E-state index in [4.69, 9.17) is 0 Å². The minimum absolute atomic E-state index is 0.564. The zero-order valence-corrected chi connectivity index (χ0v) is 13.3. The summed E-state index contributed by atoms with van der Waals surface area (Å²) in [5.41, 5.74) is 1.13. The van der Waals surface area contributed by atoms with Gasteiger partial charge in [0.05, 0.1) is 0 Å². The second kappa shape index (κ2) is 3.76. The number of rotatable bonds is 2. The summed E-state index contributed by atoms with van der Waals surface area (Å²) in [5, 5.41) is 0. The molecule has 6 unspecified atom stereocenters. The molecule has 6 atom stereocenters. The zero-order valence-electron chi connectivity index (χ0n) is 13.3. The van der Waals surface area contributed by atoms with Crippen LogP contribution < -0.4 is 0 Å². The van der Waals surface area contributed by atoms with Crippen LogP contribution in [0.2, 0.25) is 0 Å². The lowest BCUT2D eigenvalue weighted by atomic mass is 9.53. The molecule has 18 heavy (non-hydrogen) atoms. The van der Waals surface area contributed by atoms with Crippen LogP contribution in [0.5, 0.6) is 0 Å². The Morgan fingerprint density at radius 1 is 0.889 bits per heavy atom. The first-order valence-corrected chi connectivity index (χ1v) is 8.32. The zero-order chi connectivity index (χ0) is 13.3. The third kappa shape index (κ3) is 1.33. The molecule has 104 valence electrons. The molecule has 0 aromatic heterocycles. The van der Waals surface area contributed by atoms with E-state index in [1.54, 1.807) is 6.42 Å². The molecule has 0 spiro atoms. The van der Waals surface area contributed by atoms with Crippen molar-refractivity contribution in [2.45, 2.75) is 67.2 Å². The predicted octanol–water partition coefficient (Wildman–Crippen LogP) is 5.38. The fourth-order valence-corrected chi connectivity index (χ4v) is 6.52. The lowest BCUT2D eigenvalue weighted by Crippen LogP contribution is -2.46. The fourth-order valence-electron chi connectivity index (χ4n) is 6.52. The van der Waals surface area contributed by atoms with E-state index in [9.17, 15) is 0 Å². The standard InChI is InChI=1S/C18H32/c1-7-8-12-9-11(2)15-13-10-14(16(12)15)18(5,6)17(13,3)4/h11-16H,7-10H2,1-6H3. The number of hydrogen-bond acceptors (Lipinski definition) is 0. The summed E-state index contributed by atoms with van der Waals surface area (Å²) in [6.07, 6.45) is 5.95. The van der Waals surface area contributed by atoms with Gasteiger partial charge >= 0.3 is 0 Å². The van der Waals surface area contributed by atoms with Crippen molar-refractivity contribution in [1.82, 2.24) is 0 Å². The molecule has 3 fully saturated rings. The molecule has 0 heteroatoms. The van der Waals surface area contributed by atoms with Gasteiger partial charge in [-0.15, -0.1) is 0 Å². The van der Waals surface area contributed by atoms with Crippen molar-refractivity contribution in [2.24, 2.45) is 46.3 Å². The largest absolute Gasteiger partial charge is 0.0654 e. The molecule has 0 N–H and O–H groups in total. The molecule has 0 nitrogen and oxygen atoms in total. The highest BCUT2D eigenvalue weighted by atomic mass is 14.7. The van der Waals surface area contributed by atoms with Gasteiger partial charge in [0.2, 0.25) is 0 Å². The van der Waals surface area contributed by atoms with Crippen LogP contribution in [0.25, 0.3) is 0 Å². The normalized spacial score (nSPS) is 51.7. The van der Waals surface area contributed by atoms with Crippen LogP contribution in [0.4, 0.5) is 0 Å². The van der Waals surface area contributed by atoms with E-state index in [0.29, 0.717) is 10.8 Å². The van der Waals surface area contributed by atoms with Crippen LogP contribution in [0.15, 0.2) is 0 Å². The van der Waals surface area contributed by atoms with Crippen molar-refractivity contribution >= 4 is 0 Å². The molecular weight excluding hydrogens is 216 g/mol. The number of fused-ring (bicyclic) bond motifs is 5. The monoisotopic (exact) mass is 248 g/mol. The van der Waals surface area contributed by atoms with E-state index in [0.717, 1.165) is 35.5 Å². The predicted molar refractivity (Wildman–Crippen MR) is 78.3 cm³/mol. The minimum Gasteiger partial charge on any atom is -0.0654 e. The average molecular weight is 248 g/mol. The van der Waals surface area contributed by atoms with Gasteiger partial charge in [-0.2, -0.15) is 0 Å². The molecule has 3 aliphatic rings. The maximum atomic E-state index is 2.57. The van der Waals surface area contributed by atoms with E-state index >= 15 is 0 Å². The third-order valence-electron chi connectivity index (χ3n) is 7.93. The first kappa shape index (κ1) is 13.0. The van der Waals surface area contributed by atoms with Crippen molar-refractivity contribution in [3.63, 3.8) is 0 Å². The summed E-state index contributed by atoms with van der Waals surface area (Å²) in [5.74, 6) is 6.23. The minimum atomic E-state index is 0.564. The van der Waals surface area contributed by atoms with Gasteiger partial charge in [0.25, 0.3) is 0 Å². The first-order valence-electron chi connectivity index (χ1n) is 8.32. The van der Waals surface area contributed by atoms with Crippen LogP contribution in [0, 0.1) is 46.3 Å². The molecule has 0 heterocycles. The van der Waals surface area contributed by atoms with E-state index in [-0.39, 0.29) is 0 Å². The molecule has 0 amide bonds. The quantitative estimate of drug-likeness (QED) is 0.615. The van der Waals surface area contributed by atoms with Crippen LogP contribution in [-0.4, -0.2) is 0 Å². The summed E-state index contributed by atoms with van der Waals surface area (Å²) >= 11 is 0. The molecule has 0 aromatic carbocycles. The van der Waals surface area contributed by atoms with Crippen molar-refractivity contribution in [1.29, 1.82) is 0 Å². The Balaban J connectivity index is 1.95. The van der Waals surface area contributed by atoms with Gasteiger partial charge in [-0.1, -0.05) is 54.4 Å². The van der Waals surface area contributed by atoms with Crippen LogP contribution in [0.1, 0.15) is 67.2 Å². The van der Waals surface area contributed by atoms with Crippen LogP contribution in [-0.2, 0) is 0 Å². The van der Waals surface area contributed by atoms with Gasteiger partial charge < -0.3 is 0 Å². The average Bonchev–Trinajstić information content (AvgIpc) is 2.83. The van der Waals surface area contributed by atoms with Crippen LogP contribution in [0.3, 0.4) is 0 Å². The van der Waals surface area contributed by atoms with E-state index in [1.165, 1.54) is 19.3 Å². The first-order chi connectivity index (χ1) is 8.32. The smallest absolute Gasteiger partial charge is 0.0269 e. The van der Waals surface area contributed by atoms with E-state index < -0.39 is 0 Å². The second-order valence-corrected chi connectivity index (χ2v) is 8.81. The molecular formula is C18H32. The molecule has 3 saturated carbocycles.